The number of pyridine rings is 1. The van der Waals surface area contributed by atoms with Gasteiger partial charge in [0.15, 0.2) is 0 Å². The van der Waals surface area contributed by atoms with Gasteiger partial charge in [-0.1, -0.05) is 0 Å². The summed E-state index contributed by atoms with van der Waals surface area (Å²) in [4.78, 5) is 7.42. The van der Waals surface area contributed by atoms with Crippen molar-refractivity contribution in [1.82, 2.24) is 4.98 Å². The van der Waals surface area contributed by atoms with E-state index in [4.69, 9.17) is 4.98 Å². The van der Waals surface area contributed by atoms with E-state index in [9.17, 15) is 0 Å². The topological polar surface area (TPSA) is 28.2 Å². The van der Waals surface area contributed by atoms with Crippen molar-refractivity contribution in [2.45, 2.75) is 38.5 Å². The number of aromatic nitrogens is 1. The molecular weight excluding hydrogens is 258 g/mol. The number of anilines is 2. The lowest BCUT2D eigenvalue weighted by Gasteiger charge is -2.29. The maximum Gasteiger partial charge on any atom is 0.0727 e. The third-order valence-corrected chi connectivity index (χ3v) is 4.97. The van der Waals surface area contributed by atoms with E-state index in [1.54, 1.807) is 0 Å². The molecule has 21 heavy (non-hydrogen) atoms. The first kappa shape index (κ1) is 12.9. The fraction of sp³-hybridized carbons (Fsp3) is 0.500. The van der Waals surface area contributed by atoms with Crippen molar-refractivity contribution in [3.63, 3.8) is 0 Å². The number of fused-ring (bicyclic) bond motifs is 2. The van der Waals surface area contributed by atoms with Gasteiger partial charge < -0.3 is 10.2 Å². The molecule has 1 fully saturated rings. The molecule has 1 aromatic carbocycles. The van der Waals surface area contributed by atoms with Crippen molar-refractivity contribution in [3.05, 3.63) is 29.5 Å². The molecule has 1 saturated heterocycles. The minimum absolute atomic E-state index is 1.13. The molecule has 1 aliphatic heterocycles. The first-order chi connectivity index (χ1) is 10.4. The minimum atomic E-state index is 1.13. The second-order valence-corrected chi connectivity index (χ2v) is 6.26. The van der Waals surface area contributed by atoms with Gasteiger partial charge in [0, 0.05) is 42.6 Å². The Hall–Kier alpha value is -1.77. The number of aryl methyl sites for hydroxylation is 1. The van der Waals surface area contributed by atoms with Crippen LogP contribution in [0.1, 0.15) is 36.9 Å². The highest BCUT2D eigenvalue weighted by Gasteiger charge is 2.20. The summed E-state index contributed by atoms with van der Waals surface area (Å²) in [7, 11) is 2.04. The van der Waals surface area contributed by atoms with Crippen LogP contribution in [0.4, 0.5) is 11.4 Å². The summed E-state index contributed by atoms with van der Waals surface area (Å²) >= 11 is 0. The Bertz CT molecular complexity index is 672. The molecule has 2 aromatic rings. The molecule has 2 aliphatic rings. The summed E-state index contributed by atoms with van der Waals surface area (Å²) in [6.07, 6.45) is 7.56. The fourth-order valence-electron chi connectivity index (χ4n) is 3.88. The van der Waals surface area contributed by atoms with E-state index in [0.29, 0.717) is 0 Å². The number of nitrogens with one attached hydrogen (secondary N) is 1. The summed E-state index contributed by atoms with van der Waals surface area (Å²) in [5.41, 5.74) is 6.56. The molecule has 2 heterocycles. The number of piperidine rings is 1. The van der Waals surface area contributed by atoms with Crippen LogP contribution < -0.4 is 10.2 Å². The van der Waals surface area contributed by atoms with E-state index < -0.39 is 0 Å². The molecule has 1 aliphatic carbocycles. The van der Waals surface area contributed by atoms with Gasteiger partial charge in [-0.3, -0.25) is 4.98 Å². The van der Waals surface area contributed by atoms with Crippen molar-refractivity contribution < 1.29 is 0 Å². The van der Waals surface area contributed by atoms with Crippen LogP contribution in [0.2, 0.25) is 0 Å². The second kappa shape index (κ2) is 5.21. The number of rotatable bonds is 2. The quantitative estimate of drug-likeness (QED) is 0.908. The fourth-order valence-corrected chi connectivity index (χ4v) is 3.88. The van der Waals surface area contributed by atoms with Crippen molar-refractivity contribution >= 4 is 22.3 Å². The first-order valence-electron chi connectivity index (χ1n) is 8.25. The lowest BCUT2D eigenvalue weighted by molar-refractivity contribution is 0.578. The number of benzene rings is 1. The second-order valence-electron chi connectivity index (χ2n) is 6.26. The standard InChI is InChI=1S/C18H23N3/c1-19-18-14-6-5-7-16(14)20-17-9-8-13(12-15(17)18)21-10-3-2-4-11-21/h8-9,12H,2-7,10-11H2,1H3,(H,19,20). The molecule has 0 unspecified atom stereocenters. The van der Waals surface area contributed by atoms with Crippen LogP contribution in [-0.4, -0.2) is 25.1 Å². The Morgan fingerprint density at radius 2 is 1.90 bits per heavy atom. The molecule has 0 atom stereocenters. The number of hydrogen-bond acceptors (Lipinski definition) is 3. The summed E-state index contributed by atoms with van der Waals surface area (Å²) in [6, 6.07) is 6.80. The number of hydrogen-bond donors (Lipinski definition) is 1. The van der Waals surface area contributed by atoms with Gasteiger partial charge in [0.05, 0.1) is 5.52 Å². The van der Waals surface area contributed by atoms with E-state index in [1.165, 1.54) is 73.2 Å². The van der Waals surface area contributed by atoms with Crippen LogP contribution in [0.3, 0.4) is 0 Å². The molecule has 110 valence electrons. The Labute approximate surface area is 126 Å². The Morgan fingerprint density at radius 3 is 2.71 bits per heavy atom. The SMILES string of the molecule is CNc1c2c(nc3ccc(N4CCCCC4)cc13)CCC2. The zero-order valence-corrected chi connectivity index (χ0v) is 12.8. The van der Waals surface area contributed by atoms with Gasteiger partial charge in [0.1, 0.15) is 0 Å². The predicted molar refractivity (Wildman–Crippen MR) is 89.4 cm³/mol. The van der Waals surface area contributed by atoms with Crippen LogP contribution in [0.5, 0.6) is 0 Å². The van der Waals surface area contributed by atoms with Crippen LogP contribution in [0.15, 0.2) is 18.2 Å². The molecule has 1 aromatic heterocycles. The highest BCUT2D eigenvalue weighted by atomic mass is 15.1. The predicted octanol–water partition coefficient (Wildman–Crippen LogP) is 3.76. The molecule has 0 amide bonds. The molecule has 0 radical (unpaired) electrons. The van der Waals surface area contributed by atoms with Crippen LogP contribution in [-0.2, 0) is 12.8 Å². The molecule has 3 nitrogen and oxygen atoms in total. The lowest BCUT2D eigenvalue weighted by Crippen LogP contribution is -2.29. The van der Waals surface area contributed by atoms with Gasteiger partial charge >= 0.3 is 0 Å². The Balaban J connectivity index is 1.84. The van der Waals surface area contributed by atoms with Gasteiger partial charge in [-0.05, 0) is 62.3 Å². The van der Waals surface area contributed by atoms with E-state index in [-0.39, 0.29) is 0 Å². The molecule has 3 heteroatoms. The van der Waals surface area contributed by atoms with Gasteiger partial charge in [0.25, 0.3) is 0 Å². The molecule has 1 N–H and O–H groups in total. The van der Waals surface area contributed by atoms with Crippen molar-refractivity contribution in [1.29, 1.82) is 0 Å². The van der Waals surface area contributed by atoms with Crippen molar-refractivity contribution in [2.24, 2.45) is 0 Å². The highest BCUT2D eigenvalue weighted by molar-refractivity contribution is 5.95. The maximum absolute atomic E-state index is 4.89. The summed E-state index contributed by atoms with van der Waals surface area (Å²) in [5.74, 6) is 0. The van der Waals surface area contributed by atoms with E-state index in [2.05, 4.69) is 28.4 Å². The zero-order valence-electron chi connectivity index (χ0n) is 12.8. The third-order valence-electron chi connectivity index (χ3n) is 4.97. The van der Waals surface area contributed by atoms with Gasteiger partial charge in [-0.2, -0.15) is 0 Å². The Morgan fingerprint density at radius 1 is 1.05 bits per heavy atom. The lowest BCUT2D eigenvalue weighted by atomic mass is 10.0. The van der Waals surface area contributed by atoms with Crippen molar-refractivity contribution in [2.75, 3.05) is 30.4 Å². The van der Waals surface area contributed by atoms with Crippen LogP contribution >= 0.6 is 0 Å². The van der Waals surface area contributed by atoms with E-state index >= 15 is 0 Å². The zero-order chi connectivity index (χ0) is 14.2. The average Bonchev–Trinajstić information content (AvgIpc) is 3.01. The van der Waals surface area contributed by atoms with Crippen molar-refractivity contribution in [3.8, 4) is 0 Å². The first-order valence-corrected chi connectivity index (χ1v) is 8.25. The monoisotopic (exact) mass is 281 g/mol. The molecule has 4 rings (SSSR count). The van der Waals surface area contributed by atoms with E-state index in [1.807, 2.05) is 7.05 Å². The normalized spacial score (nSPS) is 18.0. The minimum Gasteiger partial charge on any atom is -0.387 e. The largest absolute Gasteiger partial charge is 0.387 e. The number of nitrogens with zero attached hydrogens (tertiary/aromatic N) is 2. The third kappa shape index (κ3) is 2.15. The summed E-state index contributed by atoms with van der Waals surface area (Å²) < 4.78 is 0. The smallest absolute Gasteiger partial charge is 0.0727 e. The van der Waals surface area contributed by atoms with Gasteiger partial charge in [-0.25, -0.2) is 0 Å². The van der Waals surface area contributed by atoms with E-state index in [0.717, 1.165) is 11.9 Å². The Kier molecular flexibility index (Phi) is 3.21. The maximum atomic E-state index is 4.89. The van der Waals surface area contributed by atoms with Crippen LogP contribution in [0, 0.1) is 0 Å². The summed E-state index contributed by atoms with van der Waals surface area (Å²) in [5, 5.41) is 4.73. The molecule has 0 bridgehead atoms. The van der Waals surface area contributed by atoms with Gasteiger partial charge in [0.2, 0.25) is 0 Å². The molecule has 0 spiro atoms. The highest BCUT2D eigenvalue weighted by Crippen LogP contribution is 2.35. The van der Waals surface area contributed by atoms with Crippen LogP contribution in [0.25, 0.3) is 10.9 Å². The molecular formula is C18H23N3. The molecule has 0 saturated carbocycles. The van der Waals surface area contributed by atoms with Gasteiger partial charge in [-0.15, -0.1) is 0 Å². The average molecular weight is 281 g/mol. The summed E-state index contributed by atoms with van der Waals surface area (Å²) in [6.45, 7) is 2.39.